The molecule has 9 nitrogen and oxygen atoms in total. The molecule has 0 radical (unpaired) electrons. The summed E-state index contributed by atoms with van der Waals surface area (Å²) in [5, 5.41) is 0. The third-order valence-corrected chi connectivity index (χ3v) is 7.07. The first-order valence-corrected chi connectivity index (χ1v) is 11.5. The Kier molecular flexibility index (Phi) is 6.01. The van der Waals surface area contributed by atoms with Gasteiger partial charge in [0.1, 0.15) is 5.82 Å². The maximum atomic E-state index is 12.5. The largest absolute Gasteiger partial charge is 0.342 e. The predicted molar refractivity (Wildman–Crippen MR) is 114 cm³/mol. The second-order valence-corrected chi connectivity index (χ2v) is 9.28. The van der Waals surface area contributed by atoms with Crippen LogP contribution in [-0.4, -0.2) is 47.6 Å². The normalized spacial score (nSPS) is 14.6. The zero-order valence-electron chi connectivity index (χ0n) is 16.8. The molecule has 4 rings (SSSR count). The molecule has 1 aliphatic rings. The lowest BCUT2D eigenvalue weighted by Gasteiger charge is -2.15. The van der Waals surface area contributed by atoms with Crippen LogP contribution in [0.1, 0.15) is 35.4 Å². The summed E-state index contributed by atoms with van der Waals surface area (Å²) in [5.74, 6) is -0.193. The Labute approximate surface area is 179 Å². The molecule has 3 aromatic rings. The average molecular weight is 442 g/mol. The third-order valence-electron chi connectivity index (χ3n) is 5.16. The van der Waals surface area contributed by atoms with Crippen LogP contribution in [0.5, 0.6) is 0 Å². The van der Waals surface area contributed by atoms with E-state index in [9.17, 15) is 18.0 Å². The number of H-pyrrole nitrogens is 1. The minimum absolute atomic E-state index is 0.146. The van der Waals surface area contributed by atoms with Gasteiger partial charge in [-0.2, -0.15) is 4.31 Å². The lowest BCUT2D eigenvalue weighted by Crippen LogP contribution is -2.41. The molecule has 0 atom stereocenters. The van der Waals surface area contributed by atoms with E-state index in [2.05, 4.69) is 20.8 Å². The monoisotopic (exact) mass is 441 g/mol. The van der Waals surface area contributed by atoms with Gasteiger partial charge < -0.3 is 4.98 Å². The Morgan fingerprint density at radius 2 is 1.71 bits per heavy atom. The van der Waals surface area contributed by atoms with Crippen LogP contribution in [0.2, 0.25) is 0 Å². The zero-order valence-corrected chi connectivity index (χ0v) is 17.6. The van der Waals surface area contributed by atoms with E-state index in [1.165, 1.54) is 28.6 Å². The molecular weight excluding hydrogens is 418 g/mol. The van der Waals surface area contributed by atoms with Crippen molar-refractivity contribution in [1.82, 2.24) is 25.1 Å². The minimum Gasteiger partial charge on any atom is -0.342 e. The van der Waals surface area contributed by atoms with E-state index in [1.807, 2.05) is 24.3 Å². The van der Waals surface area contributed by atoms with Crippen LogP contribution in [0.4, 0.5) is 0 Å². The highest BCUT2D eigenvalue weighted by atomic mass is 32.2. The summed E-state index contributed by atoms with van der Waals surface area (Å²) in [4.78, 5) is 32.0. The Balaban J connectivity index is 1.28. The number of aromatic nitrogens is 2. The van der Waals surface area contributed by atoms with Gasteiger partial charge in [-0.15, -0.1) is 0 Å². The Morgan fingerprint density at radius 3 is 2.42 bits per heavy atom. The smallest absolute Gasteiger partial charge is 0.269 e. The zero-order chi connectivity index (χ0) is 21.8. The van der Waals surface area contributed by atoms with Gasteiger partial charge in [0.05, 0.1) is 15.9 Å². The molecule has 10 heteroatoms. The topological polar surface area (TPSA) is 124 Å². The van der Waals surface area contributed by atoms with Crippen LogP contribution >= 0.6 is 0 Å². The molecule has 1 aromatic heterocycles. The number of nitrogens with one attached hydrogen (secondary N) is 3. The fraction of sp³-hybridized carbons (Fsp3) is 0.286. The van der Waals surface area contributed by atoms with Gasteiger partial charge in [-0.25, -0.2) is 13.4 Å². The molecule has 0 aliphatic carbocycles. The van der Waals surface area contributed by atoms with E-state index in [-0.39, 0.29) is 22.8 Å². The molecule has 2 heterocycles. The van der Waals surface area contributed by atoms with Gasteiger partial charge in [0, 0.05) is 31.5 Å². The van der Waals surface area contributed by atoms with E-state index in [1.54, 1.807) is 0 Å². The van der Waals surface area contributed by atoms with Crippen molar-refractivity contribution >= 4 is 32.9 Å². The molecule has 3 N–H and O–H groups in total. The SMILES string of the molecule is O=C(CCc1nc2ccccc2[nH]1)NNC(=O)c1ccc(S(=O)(=O)N2CCCC2)cc1. The number of aromatic amines is 1. The number of nitrogens with zero attached hydrogens (tertiary/aromatic N) is 2. The summed E-state index contributed by atoms with van der Waals surface area (Å²) < 4.78 is 26.5. The van der Waals surface area contributed by atoms with Gasteiger partial charge in [0.2, 0.25) is 15.9 Å². The third kappa shape index (κ3) is 4.75. The summed E-state index contributed by atoms with van der Waals surface area (Å²) in [6, 6.07) is 13.3. The number of hydrogen-bond acceptors (Lipinski definition) is 5. The van der Waals surface area contributed by atoms with Crippen LogP contribution in [0.3, 0.4) is 0 Å². The average Bonchev–Trinajstić information content (AvgIpc) is 3.46. The van der Waals surface area contributed by atoms with Crippen LogP contribution in [0, 0.1) is 0 Å². The molecule has 162 valence electrons. The van der Waals surface area contributed by atoms with Crippen LogP contribution in [0.15, 0.2) is 53.4 Å². The number of carbonyl (C=O) groups is 2. The second kappa shape index (κ2) is 8.86. The molecule has 0 bridgehead atoms. The molecule has 2 amide bonds. The summed E-state index contributed by atoms with van der Waals surface area (Å²) >= 11 is 0. The van der Waals surface area contributed by atoms with Crippen molar-refractivity contribution in [2.75, 3.05) is 13.1 Å². The van der Waals surface area contributed by atoms with Gasteiger partial charge in [0.25, 0.3) is 5.91 Å². The highest BCUT2D eigenvalue weighted by Crippen LogP contribution is 2.21. The van der Waals surface area contributed by atoms with E-state index in [4.69, 9.17) is 0 Å². The molecule has 0 spiro atoms. The quantitative estimate of drug-likeness (QED) is 0.503. The van der Waals surface area contributed by atoms with Crippen LogP contribution in [-0.2, 0) is 21.2 Å². The number of carbonyl (C=O) groups excluding carboxylic acids is 2. The summed E-state index contributed by atoms with van der Waals surface area (Å²) in [7, 11) is -3.53. The molecule has 1 fully saturated rings. The number of fused-ring (bicyclic) bond motifs is 1. The lowest BCUT2D eigenvalue weighted by molar-refractivity contribution is -0.121. The summed E-state index contributed by atoms with van der Waals surface area (Å²) in [6.45, 7) is 1.04. The van der Waals surface area contributed by atoms with Crippen molar-refractivity contribution in [3.05, 3.63) is 59.9 Å². The van der Waals surface area contributed by atoms with Gasteiger partial charge in [-0.3, -0.25) is 20.4 Å². The van der Waals surface area contributed by atoms with Gasteiger partial charge >= 0.3 is 0 Å². The molecule has 1 aliphatic heterocycles. The van der Waals surface area contributed by atoms with E-state index in [0.29, 0.717) is 25.3 Å². The Hall–Kier alpha value is -3.24. The van der Waals surface area contributed by atoms with Gasteiger partial charge in [-0.1, -0.05) is 12.1 Å². The van der Waals surface area contributed by atoms with Crippen molar-refractivity contribution in [2.24, 2.45) is 0 Å². The van der Waals surface area contributed by atoms with Crippen molar-refractivity contribution in [1.29, 1.82) is 0 Å². The second-order valence-electron chi connectivity index (χ2n) is 7.34. The number of hydrogen-bond donors (Lipinski definition) is 3. The summed E-state index contributed by atoms with van der Waals surface area (Å²) in [6.07, 6.45) is 2.26. The van der Waals surface area contributed by atoms with Crippen molar-refractivity contribution in [3.63, 3.8) is 0 Å². The van der Waals surface area contributed by atoms with Crippen LogP contribution in [0.25, 0.3) is 11.0 Å². The first-order chi connectivity index (χ1) is 14.9. The van der Waals surface area contributed by atoms with E-state index < -0.39 is 15.9 Å². The molecule has 0 unspecified atom stereocenters. The number of benzene rings is 2. The van der Waals surface area contributed by atoms with Crippen molar-refractivity contribution in [3.8, 4) is 0 Å². The van der Waals surface area contributed by atoms with E-state index in [0.717, 1.165) is 23.9 Å². The standard InChI is InChI=1S/C21H23N5O4S/c27-20(12-11-19-22-17-5-1-2-6-18(17)23-19)24-25-21(28)15-7-9-16(10-8-15)31(29,30)26-13-3-4-14-26/h1-2,5-10H,3-4,11-14H2,(H,22,23)(H,24,27)(H,25,28). The summed E-state index contributed by atoms with van der Waals surface area (Å²) in [5.41, 5.74) is 6.70. The number of para-hydroxylation sites is 2. The van der Waals surface area contributed by atoms with Gasteiger partial charge in [-0.05, 0) is 49.2 Å². The Bertz CT molecular complexity index is 1160. The maximum Gasteiger partial charge on any atom is 0.269 e. The Morgan fingerprint density at radius 1 is 1.00 bits per heavy atom. The molecule has 31 heavy (non-hydrogen) atoms. The minimum atomic E-state index is -3.53. The number of hydrazine groups is 1. The molecule has 0 saturated carbocycles. The fourth-order valence-electron chi connectivity index (χ4n) is 3.47. The molecule has 1 saturated heterocycles. The number of imidazole rings is 1. The van der Waals surface area contributed by atoms with Crippen LogP contribution < -0.4 is 10.9 Å². The highest BCUT2D eigenvalue weighted by Gasteiger charge is 2.27. The first kappa shape index (κ1) is 21.0. The van der Waals surface area contributed by atoms with Crippen molar-refractivity contribution in [2.45, 2.75) is 30.6 Å². The number of sulfonamides is 1. The highest BCUT2D eigenvalue weighted by molar-refractivity contribution is 7.89. The molecular formula is C21H23N5O4S. The number of aryl methyl sites for hydroxylation is 1. The lowest BCUT2D eigenvalue weighted by atomic mass is 10.2. The number of amides is 2. The first-order valence-electron chi connectivity index (χ1n) is 10.1. The fourth-order valence-corrected chi connectivity index (χ4v) is 4.99. The predicted octanol–water partition coefficient (Wildman–Crippen LogP) is 1.74. The molecule has 2 aromatic carbocycles. The van der Waals surface area contributed by atoms with Crippen molar-refractivity contribution < 1.29 is 18.0 Å². The van der Waals surface area contributed by atoms with E-state index >= 15 is 0 Å². The maximum absolute atomic E-state index is 12.5. The number of rotatable bonds is 6. The van der Waals surface area contributed by atoms with Gasteiger partial charge in [0.15, 0.2) is 0 Å².